The fourth-order valence-corrected chi connectivity index (χ4v) is 5.55. The first-order chi connectivity index (χ1) is 16.4. The monoisotopic (exact) mass is 516 g/mol. The summed E-state index contributed by atoms with van der Waals surface area (Å²) < 4.78 is 14.3. The molecular weight excluding hydrogens is 484 g/mol. The number of rotatable bonds is 6. The number of fused-ring (bicyclic) bond motifs is 1. The maximum atomic E-state index is 13.0. The molecule has 1 aliphatic rings. The van der Waals surface area contributed by atoms with Gasteiger partial charge in [-0.05, 0) is 62.0 Å². The smallest absolute Gasteiger partial charge is 0.261 e. The zero-order chi connectivity index (χ0) is 25.4. The average Bonchev–Trinajstić information content (AvgIpc) is 3.19. The topological polar surface area (TPSA) is 98.0 Å². The lowest BCUT2D eigenvalue weighted by Gasteiger charge is -2.41. The molecule has 35 heavy (non-hydrogen) atoms. The first kappa shape index (κ1) is 25.5. The molecular formula is C25H33ClN4O4Si. The minimum Gasteiger partial charge on any atom is -0.505 e. The van der Waals surface area contributed by atoms with Gasteiger partial charge in [0.15, 0.2) is 19.7 Å². The Morgan fingerprint density at radius 1 is 1.17 bits per heavy atom. The van der Waals surface area contributed by atoms with Crippen molar-refractivity contribution >= 4 is 37.2 Å². The Labute approximate surface area is 211 Å². The SMILES string of the molecule is CC(C)(C)[Si](C)(C)OC1CCC(Oc2ccc(Cl)cc2NC(=O)c2cnn3cc(O)cnc23)CC1. The quantitative estimate of drug-likeness (QED) is 0.387. The Morgan fingerprint density at radius 3 is 2.54 bits per heavy atom. The number of hydrogen-bond acceptors (Lipinski definition) is 6. The third-order valence-electron chi connectivity index (χ3n) is 6.96. The summed E-state index contributed by atoms with van der Waals surface area (Å²) in [6, 6.07) is 5.20. The largest absolute Gasteiger partial charge is 0.505 e. The van der Waals surface area contributed by atoms with Gasteiger partial charge < -0.3 is 19.6 Å². The van der Waals surface area contributed by atoms with Crippen LogP contribution in [-0.4, -0.2) is 46.1 Å². The fourth-order valence-electron chi connectivity index (χ4n) is 3.96. The van der Waals surface area contributed by atoms with Crippen LogP contribution in [0.5, 0.6) is 11.5 Å². The molecule has 188 valence electrons. The molecule has 2 N–H and O–H groups in total. The number of aromatic hydroxyl groups is 1. The summed E-state index contributed by atoms with van der Waals surface area (Å²) in [4.78, 5) is 17.1. The van der Waals surface area contributed by atoms with Gasteiger partial charge in [-0.2, -0.15) is 5.10 Å². The van der Waals surface area contributed by atoms with Crippen molar-refractivity contribution in [3.63, 3.8) is 0 Å². The number of hydrogen-bond donors (Lipinski definition) is 2. The van der Waals surface area contributed by atoms with Gasteiger partial charge in [-0.25, -0.2) is 9.50 Å². The van der Waals surface area contributed by atoms with Crippen LogP contribution in [0.15, 0.2) is 36.8 Å². The predicted octanol–water partition coefficient (Wildman–Crippen LogP) is 6.05. The highest BCUT2D eigenvalue weighted by Gasteiger charge is 2.40. The molecule has 3 aromatic rings. The van der Waals surface area contributed by atoms with Crippen LogP contribution in [-0.2, 0) is 4.43 Å². The Morgan fingerprint density at radius 2 is 1.86 bits per heavy atom. The van der Waals surface area contributed by atoms with Crippen molar-refractivity contribution in [2.45, 2.75) is 76.8 Å². The van der Waals surface area contributed by atoms with Crippen LogP contribution in [0.2, 0.25) is 23.2 Å². The molecule has 0 spiro atoms. The van der Waals surface area contributed by atoms with Gasteiger partial charge in [0.05, 0.1) is 30.4 Å². The average molecular weight is 517 g/mol. The first-order valence-corrected chi connectivity index (χ1v) is 15.2. The standard InChI is InChI=1S/C25H33ClN4O4Si/c1-25(2,3)35(4,5)34-19-9-7-18(8-10-19)33-22-11-6-16(26)12-21(22)29-24(32)20-14-28-30-15-17(31)13-27-23(20)30/h6,11-15,18-19,31H,7-10H2,1-5H3,(H,29,32). The van der Waals surface area contributed by atoms with Crippen molar-refractivity contribution < 1.29 is 19.1 Å². The molecule has 1 aliphatic carbocycles. The molecule has 0 aliphatic heterocycles. The van der Waals surface area contributed by atoms with Gasteiger partial charge >= 0.3 is 0 Å². The van der Waals surface area contributed by atoms with Crippen molar-refractivity contribution in [1.82, 2.24) is 14.6 Å². The fraction of sp³-hybridized carbons (Fsp3) is 0.480. The van der Waals surface area contributed by atoms with Gasteiger partial charge in [-0.15, -0.1) is 0 Å². The number of nitrogens with zero attached hydrogens (tertiary/aromatic N) is 3. The van der Waals surface area contributed by atoms with Crippen molar-refractivity contribution in [1.29, 1.82) is 0 Å². The number of halogens is 1. The molecule has 0 bridgehead atoms. The van der Waals surface area contributed by atoms with Crippen LogP contribution in [0.4, 0.5) is 5.69 Å². The summed E-state index contributed by atoms with van der Waals surface area (Å²) >= 11 is 6.22. The van der Waals surface area contributed by atoms with E-state index in [0.29, 0.717) is 22.1 Å². The zero-order valence-electron chi connectivity index (χ0n) is 20.8. The lowest BCUT2D eigenvalue weighted by atomic mass is 9.95. The van der Waals surface area contributed by atoms with Crippen molar-refractivity contribution in [3.05, 3.63) is 47.4 Å². The highest BCUT2D eigenvalue weighted by atomic mass is 35.5. The molecule has 1 fully saturated rings. The Kier molecular flexibility index (Phi) is 7.13. The summed E-state index contributed by atoms with van der Waals surface area (Å²) in [5, 5.41) is 17.2. The molecule has 0 radical (unpaired) electrons. The third kappa shape index (κ3) is 5.79. The number of benzene rings is 1. The second-order valence-corrected chi connectivity index (χ2v) is 15.8. The summed E-state index contributed by atoms with van der Waals surface area (Å²) in [5.74, 6) is 0.137. The number of anilines is 1. The van der Waals surface area contributed by atoms with Crippen LogP contribution in [0.25, 0.3) is 5.65 Å². The molecule has 0 saturated heterocycles. The highest BCUT2D eigenvalue weighted by Crippen LogP contribution is 2.40. The molecule has 2 heterocycles. The van der Waals surface area contributed by atoms with E-state index in [2.05, 4.69) is 49.3 Å². The number of aromatic nitrogens is 3. The van der Waals surface area contributed by atoms with E-state index in [0.717, 1.165) is 25.7 Å². The summed E-state index contributed by atoms with van der Waals surface area (Å²) in [6.07, 6.45) is 8.04. The van der Waals surface area contributed by atoms with E-state index in [-0.39, 0.29) is 28.6 Å². The number of amides is 1. The van der Waals surface area contributed by atoms with E-state index in [1.54, 1.807) is 18.2 Å². The molecule has 0 unspecified atom stereocenters. The lowest BCUT2D eigenvalue weighted by molar-refractivity contribution is 0.0729. The van der Waals surface area contributed by atoms with Crippen LogP contribution < -0.4 is 10.1 Å². The van der Waals surface area contributed by atoms with Gasteiger partial charge in [0.1, 0.15) is 11.3 Å². The molecule has 10 heteroatoms. The van der Waals surface area contributed by atoms with Gasteiger partial charge in [0, 0.05) is 11.1 Å². The van der Waals surface area contributed by atoms with Crippen molar-refractivity contribution in [2.24, 2.45) is 0 Å². The first-order valence-electron chi connectivity index (χ1n) is 11.9. The Balaban J connectivity index is 1.42. The predicted molar refractivity (Wildman–Crippen MR) is 139 cm³/mol. The van der Waals surface area contributed by atoms with E-state index >= 15 is 0 Å². The summed E-state index contributed by atoms with van der Waals surface area (Å²) in [6.45, 7) is 11.4. The lowest BCUT2D eigenvalue weighted by Crippen LogP contribution is -2.45. The molecule has 0 atom stereocenters. The summed E-state index contributed by atoms with van der Waals surface area (Å²) in [7, 11) is -1.80. The van der Waals surface area contributed by atoms with Crippen LogP contribution >= 0.6 is 11.6 Å². The minimum atomic E-state index is -1.80. The maximum absolute atomic E-state index is 13.0. The molecule has 1 amide bonds. The maximum Gasteiger partial charge on any atom is 0.261 e. The van der Waals surface area contributed by atoms with Crippen LogP contribution in [0, 0.1) is 0 Å². The normalized spacial score (nSPS) is 19.0. The molecule has 2 aromatic heterocycles. The highest BCUT2D eigenvalue weighted by molar-refractivity contribution is 6.74. The number of carbonyl (C=O) groups excluding carboxylic acids is 1. The zero-order valence-corrected chi connectivity index (χ0v) is 22.6. The molecule has 1 aromatic carbocycles. The van der Waals surface area contributed by atoms with E-state index in [4.69, 9.17) is 20.8 Å². The molecule has 1 saturated carbocycles. The molecule has 4 rings (SSSR count). The molecule has 8 nitrogen and oxygen atoms in total. The van der Waals surface area contributed by atoms with Gasteiger partial charge in [0.25, 0.3) is 5.91 Å². The van der Waals surface area contributed by atoms with Gasteiger partial charge in [0.2, 0.25) is 0 Å². The second kappa shape index (κ2) is 9.79. The van der Waals surface area contributed by atoms with E-state index in [1.807, 2.05) is 0 Å². The number of nitrogens with one attached hydrogen (secondary N) is 1. The van der Waals surface area contributed by atoms with E-state index in [1.165, 1.54) is 23.1 Å². The third-order valence-corrected chi connectivity index (χ3v) is 11.7. The van der Waals surface area contributed by atoms with Crippen LogP contribution in [0.3, 0.4) is 0 Å². The number of carbonyl (C=O) groups is 1. The number of ether oxygens (including phenoxy) is 1. The second-order valence-electron chi connectivity index (χ2n) is 10.6. The van der Waals surface area contributed by atoms with Crippen molar-refractivity contribution in [2.75, 3.05) is 5.32 Å². The van der Waals surface area contributed by atoms with E-state index < -0.39 is 14.2 Å². The van der Waals surface area contributed by atoms with Gasteiger partial charge in [-0.3, -0.25) is 4.79 Å². The Bertz CT molecular complexity index is 1220. The minimum absolute atomic E-state index is 0.0349. The summed E-state index contributed by atoms with van der Waals surface area (Å²) in [5.41, 5.74) is 1.10. The van der Waals surface area contributed by atoms with Crippen molar-refractivity contribution in [3.8, 4) is 11.5 Å². The van der Waals surface area contributed by atoms with Crippen LogP contribution in [0.1, 0.15) is 56.8 Å². The Hall–Kier alpha value is -2.62. The van der Waals surface area contributed by atoms with Gasteiger partial charge in [-0.1, -0.05) is 32.4 Å². The van der Waals surface area contributed by atoms with E-state index in [9.17, 15) is 9.90 Å².